The molecule has 0 saturated carbocycles. The van der Waals surface area contributed by atoms with Crippen LogP contribution in [0.3, 0.4) is 0 Å². The Balaban J connectivity index is 2.86. The van der Waals surface area contributed by atoms with Crippen molar-refractivity contribution in [1.29, 1.82) is 0 Å². The molecule has 16 heavy (non-hydrogen) atoms. The summed E-state index contributed by atoms with van der Waals surface area (Å²) in [5.41, 5.74) is 7.50. The molecule has 86 valence electrons. The van der Waals surface area contributed by atoms with Crippen molar-refractivity contribution in [3.8, 4) is 0 Å². The van der Waals surface area contributed by atoms with E-state index in [1.54, 1.807) is 6.20 Å². The fourth-order valence-corrected chi connectivity index (χ4v) is 1.31. The number of hydrogen-bond acceptors (Lipinski definition) is 4. The summed E-state index contributed by atoms with van der Waals surface area (Å²) in [6.45, 7) is 2.46. The number of rotatable bonds is 4. The molecular formula is C12H16N2O2. The van der Waals surface area contributed by atoms with Crippen LogP contribution in [-0.4, -0.2) is 24.6 Å². The zero-order chi connectivity index (χ0) is 12.0. The topological polar surface area (TPSA) is 65.2 Å². The number of aromatic nitrogens is 1. The quantitative estimate of drug-likeness (QED) is 0.782. The van der Waals surface area contributed by atoms with Gasteiger partial charge in [-0.2, -0.15) is 0 Å². The molecule has 0 aliphatic rings. The summed E-state index contributed by atoms with van der Waals surface area (Å²) in [6, 6.07) is 1.90. The second-order valence-corrected chi connectivity index (χ2v) is 3.41. The van der Waals surface area contributed by atoms with Crippen LogP contribution < -0.4 is 5.73 Å². The first-order valence-electron chi connectivity index (χ1n) is 5.10. The molecule has 0 aliphatic heterocycles. The van der Waals surface area contributed by atoms with Gasteiger partial charge in [0, 0.05) is 6.20 Å². The van der Waals surface area contributed by atoms with E-state index in [-0.39, 0.29) is 0 Å². The SMILES string of the molecule is COC(=O)c1ncc(C=CCCN)cc1C. The summed E-state index contributed by atoms with van der Waals surface area (Å²) in [5, 5.41) is 0. The highest BCUT2D eigenvalue weighted by Crippen LogP contribution is 2.10. The first-order valence-corrected chi connectivity index (χ1v) is 5.10. The molecule has 0 spiro atoms. The molecule has 0 saturated heterocycles. The molecule has 0 unspecified atom stereocenters. The molecule has 0 atom stereocenters. The van der Waals surface area contributed by atoms with E-state index in [1.807, 2.05) is 25.1 Å². The van der Waals surface area contributed by atoms with Crippen molar-refractivity contribution in [3.63, 3.8) is 0 Å². The van der Waals surface area contributed by atoms with Gasteiger partial charge in [-0.05, 0) is 37.1 Å². The van der Waals surface area contributed by atoms with Crippen LogP contribution in [-0.2, 0) is 4.74 Å². The van der Waals surface area contributed by atoms with E-state index in [4.69, 9.17) is 5.73 Å². The van der Waals surface area contributed by atoms with Gasteiger partial charge in [0.15, 0.2) is 5.69 Å². The summed E-state index contributed by atoms with van der Waals surface area (Å²) in [5.74, 6) is -0.407. The van der Waals surface area contributed by atoms with Crippen LogP contribution in [0, 0.1) is 6.92 Å². The Kier molecular flexibility index (Phi) is 4.66. The number of methoxy groups -OCH3 is 1. The van der Waals surface area contributed by atoms with Crippen molar-refractivity contribution in [1.82, 2.24) is 4.98 Å². The molecule has 0 aliphatic carbocycles. The van der Waals surface area contributed by atoms with Gasteiger partial charge in [0.2, 0.25) is 0 Å². The smallest absolute Gasteiger partial charge is 0.356 e. The first-order chi connectivity index (χ1) is 7.69. The van der Waals surface area contributed by atoms with E-state index in [2.05, 4.69) is 9.72 Å². The van der Waals surface area contributed by atoms with Gasteiger partial charge in [-0.3, -0.25) is 0 Å². The molecule has 1 rings (SSSR count). The summed E-state index contributed by atoms with van der Waals surface area (Å²) < 4.78 is 4.62. The van der Waals surface area contributed by atoms with E-state index >= 15 is 0 Å². The number of pyridine rings is 1. The molecule has 1 heterocycles. The highest BCUT2D eigenvalue weighted by Gasteiger charge is 2.10. The summed E-state index contributed by atoms with van der Waals surface area (Å²) in [6.07, 6.45) is 6.40. The van der Waals surface area contributed by atoms with Crippen molar-refractivity contribution in [2.75, 3.05) is 13.7 Å². The molecule has 1 aromatic rings. The molecule has 0 bridgehead atoms. The minimum Gasteiger partial charge on any atom is -0.464 e. The van der Waals surface area contributed by atoms with Gasteiger partial charge in [-0.1, -0.05) is 12.2 Å². The molecule has 2 N–H and O–H groups in total. The Morgan fingerprint density at radius 2 is 2.38 bits per heavy atom. The average Bonchev–Trinajstić information content (AvgIpc) is 2.29. The van der Waals surface area contributed by atoms with E-state index in [0.29, 0.717) is 12.2 Å². The highest BCUT2D eigenvalue weighted by molar-refractivity contribution is 5.88. The molecule has 0 fully saturated rings. The van der Waals surface area contributed by atoms with Crippen LogP contribution in [0.5, 0.6) is 0 Å². The average molecular weight is 220 g/mol. The van der Waals surface area contributed by atoms with Crippen LogP contribution in [0.1, 0.15) is 28.0 Å². The van der Waals surface area contributed by atoms with Gasteiger partial charge in [0.05, 0.1) is 7.11 Å². The molecule has 4 heteroatoms. The Morgan fingerprint density at radius 1 is 1.62 bits per heavy atom. The van der Waals surface area contributed by atoms with Crippen LogP contribution in [0.15, 0.2) is 18.3 Å². The van der Waals surface area contributed by atoms with Gasteiger partial charge in [-0.15, -0.1) is 0 Å². The summed E-state index contributed by atoms with van der Waals surface area (Å²) >= 11 is 0. The van der Waals surface area contributed by atoms with Crippen molar-refractivity contribution in [2.24, 2.45) is 5.73 Å². The number of nitrogens with two attached hydrogens (primary N) is 1. The monoisotopic (exact) mass is 220 g/mol. The normalized spacial score (nSPS) is 10.7. The van der Waals surface area contributed by atoms with Crippen molar-refractivity contribution in [3.05, 3.63) is 35.2 Å². The zero-order valence-corrected chi connectivity index (χ0v) is 9.56. The maximum Gasteiger partial charge on any atom is 0.356 e. The van der Waals surface area contributed by atoms with Crippen molar-refractivity contribution in [2.45, 2.75) is 13.3 Å². The van der Waals surface area contributed by atoms with Crippen LogP contribution in [0.25, 0.3) is 6.08 Å². The molecule has 0 aromatic carbocycles. The number of carbonyl (C=O) groups is 1. The van der Waals surface area contributed by atoms with Crippen LogP contribution in [0.4, 0.5) is 0 Å². The second kappa shape index (κ2) is 6.02. The fraction of sp³-hybridized carbons (Fsp3) is 0.333. The number of aryl methyl sites for hydroxylation is 1. The van der Waals surface area contributed by atoms with E-state index < -0.39 is 5.97 Å². The van der Waals surface area contributed by atoms with Crippen LogP contribution >= 0.6 is 0 Å². The lowest BCUT2D eigenvalue weighted by Crippen LogP contribution is -2.06. The zero-order valence-electron chi connectivity index (χ0n) is 9.56. The van der Waals surface area contributed by atoms with Crippen molar-refractivity contribution >= 4 is 12.0 Å². The molecular weight excluding hydrogens is 204 g/mol. The predicted molar refractivity (Wildman–Crippen MR) is 63.0 cm³/mol. The standard InChI is InChI=1S/C12H16N2O2/c1-9-7-10(5-3-4-6-13)8-14-11(9)12(15)16-2/h3,5,7-8H,4,6,13H2,1-2H3. The van der Waals surface area contributed by atoms with Gasteiger partial charge in [-0.25, -0.2) is 9.78 Å². The van der Waals surface area contributed by atoms with Gasteiger partial charge in [0.25, 0.3) is 0 Å². The third-order valence-corrected chi connectivity index (χ3v) is 2.12. The largest absolute Gasteiger partial charge is 0.464 e. The Morgan fingerprint density at radius 3 is 2.94 bits per heavy atom. The fourth-order valence-electron chi connectivity index (χ4n) is 1.31. The third kappa shape index (κ3) is 3.17. The lowest BCUT2D eigenvalue weighted by molar-refractivity contribution is 0.0593. The van der Waals surface area contributed by atoms with Crippen molar-refractivity contribution < 1.29 is 9.53 Å². The molecule has 4 nitrogen and oxygen atoms in total. The number of carbonyl (C=O) groups excluding carboxylic acids is 1. The third-order valence-electron chi connectivity index (χ3n) is 2.12. The maximum absolute atomic E-state index is 11.3. The minimum atomic E-state index is -0.407. The summed E-state index contributed by atoms with van der Waals surface area (Å²) in [4.78, 5) is 15.4. The van der Waals surface area contributed by atoms with E-state index in [0.717, 1.165) is 17.5 Å². The van der Waals surface area contributed by atoms with Gasteiger partial charge in [0.1, 0.15) is 0 Å². The second-order valence-electron chi connectivity index (χ2n) is 3.41. The minimum absolute atomic E-state index is 0.360. The van der Waals surface area contributed by atoms with E-state index in [1.165, 1.54) is 7.11 Å². The summed E-state index contributed by atoms with van der Waals surface area (Å²) in [7, 11) is 1.35. The van der Waals surface area contributed by atoms with E-state index in [9.17, 15) is 4.79 Å². The van der Waals surface area contributed by atoms with Gasteiger partial charge >= 0.3 is 5.97 Å². The molecule has 1 aromatic heterocycles. The first kappa shape index (κ1) is 12.4. The lowest BCUT2D eigenvalue weighted by Gasteiger charge is -2.03. The number of ether oxygens (including phenoxy) is 1. The lowest BCUT2D eigenvalue weighted by atomic mass is 10.1. The molecule has 0 radical (unpaired) electrons. The maximum atomic E-state index is 11.3. The number of esters is 1. The number of nitrogens with zero attached hydrogens (tertiary/aromatic N) is 1. The Labute approximate surface area is 95.1 Å². The van der Waals surface area contributed by atoms with Crippen LogP contribution in [0.2, 0.25) is 0 Å². The molecule has 0 amide bonds. The van der Waals surface area contributed by atoms with Gasteiger partial charge < -0.3 is 10.5 Å². The predicted octanol–water partition coefficient (Wildman–Crippen LogP) is 1.54. The highest BCUT2D eigenvalue weighted by atomic mass is 16.5. The number of hydrogen-bond donors (Lipinski definition) is 1. The Hall–Kier alpha value is -1.68. The Bertz CT molecular complexity index is 400.